The van der Waals surface area contributed by atoms with E-state index in [1.165, 1.54) is 12.4 Å². The summed E-state index contributed by atoms with van der Waals surface area (Å²) in [5.74, 6) is -0.147. The first kappa shape index (κ1) is 13.5. The lowest BCUT2D eigenvalue weighted by Crippen LogP contribution is -2.09. The van der Waals surface area contributed by atoms with E-state index in [4.69, 9.17) is 11.6 Å². The molecule has 0 atom stereocenters. The summed E-state index contributed by atoms with van der Waals surface area (Å²) in [5, 5.41) is 0.386. The third-order valence-corrected chi connectivity index (χ3v) is 4.29. The van der Waals surface area contributed by atoms with Crippen LogP contribution in [-0.4, -0.2) is 18.4 Å². The van der Waals surface area contributed by atoms with Gasteiger partial charge < -0.3 is 0 Å². The van der Waals surface area contributed by atoms with Gasteiger partial charge in [0.05, 0.1) is 10.2 Å². The highest BCUT2D eigenvalue weighted by atomic mass is 79.9. The molecule has 0 unspecified atom stereocenters. The van der Waals surface area contributed by atoms with Gasteiger partial charge in [0.25, 0.3) is 0 Å². The van der Waals surface area contributed by atoms with E-state index in [1.54, 1.807) is 24.3 Å². The Hall–Kier alpha value is -0.980. The molecule has 0 aliphatic heterocycles. The van der Waals surface area contributed by atoms with E-state index in [-0.39, 0.29) is 10.9 Å². The summed E-state index contributed by atoms with van der Waals surface area (Å²) in [4.78, 5) is 7.58. The average Bonchev–Trinajstić information content (AvgIpc) is 2.32. The Morgan fingerprint density at radius 3 is 2.22 bits per heavy atom. The van der Waals surface area contributed by atoms with E-state index in [0.717, 1.165) is 0 Å². The van der Waals surface area contributed by atoms with Gasteiger partial charge in [0.15, 0.2) is 0 Å². The normalized spacial score (nSPS) is 11.4. The Labute approximate surface area is 118 Å². The van der Waals surface area contributed by atoms with Crippen LogP contribution in [0.5, 0.6) is 0 Å². The molecular formula is C11H8BrClN2O2S. The summed E-state index contributed by atoms with van der Waals surface area (Å²) < 4.78 is 24.7. The number of hydrogen-bond acceptors (Lipinski definition) is 4. The summed E-state index contributed by atoms with van der Waals surface area (Å²) >= 11 is 8.89. The summed E-state index contributed by atoms with van der Waals surface area (Å²) in [6.45, 7) is 0. The molecular weight excluding hydrogens is 340 g/mol. The predicted octanol–water partition coefficient (Wildman–Crippen LogP) is 2.87. The monoisotopic (exact) mass is 346 g/mol. The minimum Gasteiger partial charge on any atom is -0.226 e. The summed E-state index contributed by atoms with van der Waals surface area (Å²) in [5.41, 5.74) is 0.644. The molecule has 0 N–H and O–H groups in total. The number of hydrogen-bond donors (Lipinski definition) is 0. The first-order valence-corrected chi connectivity index (χ1v) is 7.74. The minimum atomic E-state index is -3.53. The summed E-state index contributed by atoms with van der Waals surface area (Å²) in [7, 11) is -3.53. The maximum absolute atomic E-state index is 12.0. The van der Waals surface area contributed by atoms with E-state index in [1.807, 2.05) is 0 Å². The Morgan fingerprint density at radius 1 is 1.11 bits per heavy atom. The Morgan fingerprint density at radius 2 is 1.67 bits per heavy atom. The highest BCUT2D eigenvalue weighted by molar-refractivity contribution is 9.10. The van der Waals surface area contributed by atoms with Gasteiger partial charge >= 0.3 is 0 Å². The van der Waals surface area contributed by atoms with Crippen molar-refractivity contribution in [2.45, 2.75) is 10.9 Å². The first-order chi connectivity index (χ1) is 8.47. The van der Waals surface area contributed by atoms with Crippen molar-refractivity contribution in [1.29, 1.82) is 0 Å². The van der Waals surface area contributed by atoms with E-state index >= 15 is 0 Å². The Kier molecular flexibility index (Phi) is 3.99. The number of nitrogens with zero attached hydrogens (tertiary/aromatic N) is 2. The van der Waals surface area contributed by atoms with Gasteiger partial charge in [0.1, 0.15) is 0 Å². The van der Waals surface area contributed by atoms with Gasteiger partial charge in [-0.05, 0) is 33.6 Å². The van der Waals surface area contributed by atoms with Crippen LogP contribution in [0.3, 0.4) is 0 Å². The fraction of sp³-hybridized carbons (Fsp3) is 0.0909. The van der Waals surface area contributed by atoms with Gasteiger partial charge in [-0.2, -0.15) is 0 Å². The lowest BCUT2D eigenvalue weighted by atomic mass is 10.2. The van der Waals surface area contributed by atoms with Crippen LogP contribution in [-0.2, 0) is 15.6 Å². The average molecular weight is 348 g/mol. The fourth-order valence-corrected chi connectivity index (χ4v) is 2.84. The van der Waals surface area contributed by atoms with Gasteiger partial charge in [-0.1, -0.05) is 23.7 Å². The van der Waals surface area contributed by atoms with Crippen LogP contribution in [0.25, 0.3) is 0 Å². The van der Waals surface area contributed by atoms with Crippen molar-refractivity contribution in [2.24, 2.45) is 0 Å². The molecule has 1 aromatic heterocycles. The second-order valence-electron chi connectivity index (χ2n) is 3.57. The molecule has 1 aromatic carbocycles. The maximum atomic E-state index is 12.0. The van der Waals surface area contributed by atoms with Gasteiger partial charge in [-0.3, -0.25) is 0 Å². The molecule has 2 rings (SSSR count). The standard InChI is InChI=1S/C11H8BrClN2O2S/c12-9-5-14-11(15-6-9)18(16,17)7-8-1-3-10(13)4-2-8/h1-6H,7H2. The van der Waals surface area contributed by atoms with Crippen molar-refractivity contribution in [3.63, 3.8) is 0 Å². The lowest BCUT2D eigenvalue weighted by Gasteiger charge is -2.03. The molecule has 0 amide bonds. The molecule has 0 fully saturated rings. The van der Waals surface area contributed by atoms with Gasteiger partial charge in [0, 0.05) is 17.4 Å². The zero-order valence-corrected chi connectivity index (χ0v) is 12.2. The van der Waals surface area contributed by atoms with Crippen LogP contribution in [0.4, 0.5) is 0 Å². The lowest BCUT2D eigenvalue weighted by molar-refractivity contribution is 0.586. The number of sulfone groups is 1. The fourth-order valence-electron chi connectivity index (χ4n) is 1.33. The summed E-state index contributed by atoms with van der Waals surface area (Å²) in [6.07, 6.45) is 2.81. The maximum Gasteiger partial charge on any atom is 0.247 e. The largest absolute Gasteiger partial charge is 0.247 e. The van der Waals surface area contributed by atoms with Crippen molar-refractivity contribution < 1.29 is 8.42 Å². The highest BCUT2D eigenvalue weighted by Gasteiger charge is 2.18. The zero-order valence-electron chi connectivity index (χ0n) is 9.05. The first-order valence-electron chi connectivity index (χ1n) is 4.92. The van der Waals surface area contributed by atoms with Crippen molar-refractivity contribution in [3.05, 3.63) is 51.7 Å². The van der Waals surface area contributed by atoms with E-state index in [2.05, 4.69) is 25.9 Å². The van der Waals surface area contributed by atoms with Crippen LogP contribution in [0.15, 0.2) is 46.3 Å². The van der Waals surface area contributed by atoms with Gasteiger partial charge in [-0.15, -0.1) is 0 Å². The molecule has 7 heteroatoms. The Balaban J connectivity index is 2.27. The van der Waals surface area contributed by atoms with Gasteiger partial charge in [0.2, 0.25) is 15.0 Å². The van der Waals surface area contributed by atoms with Crippen molar-refractivity contribution in [3.8, 4) is 0 Å². The van der Waals surface area contributed by atoms with Crippen molar-refractivity contribution in [2.75, 3.05) is 0 Å². The summed E-state index contributed by atoms with van der Waals surface area (Å²) in [6, 6.07) is 6.63. The third kappa shape index (κ3) is 3.28. The molecule has 0 bridgehead atoms. The van der Waals surface area contributed by atoms with Crippen molar-refractivity contribution >= 4 is 37.4 Å². The molecule has 0 aliphatic carbocycles. The van der Waals surface area contributed by atoms with Crippen LogP contribution >= 0.6 is 27.5 Å². The SMILES string of the molecule is O=S(=O)(Cc1ccc(Cl)cc1)c1ncc(Br)cn1. The zero-order chi connectivity index (χ0) is 13.2. The van der Waals surface area contributed by atoms with Gasteiger partial charge in [-0.25, -0.2) is 18.4 Å². The minimum absolute atomic E-state index is 0.147. The number of benzene rings is 1. The molecule has 0 saturated carbocycles. The molecule has 2 aromatic rings. The Bertz CT molecular complexity index is 642. The van der Waals surface area contributed by atoms with Crippen LogP contribution < -0.4 is 0 Å². The van der Waals surface area contributed by atoms with Crippen molar-refractivity contribution in [1.82, 2.24) is 9.97 Å². The third-order valence-electron chi connectivity index (χ3n) is 2.14. The van der Waals surface area contributed by atoms with Crippen LogP contribution in [0.2, 0.25) is 5.02 Å². The molecule has 4 nitrogen and oxygen atoms in total. The molecule has 0 radical (unpaired) electrons. The second kappa shape index (κ2) is 5.34. The predicted molar refractivity (Wildman–Crippen MR) is 72.1 cm³/mol. The van der Waals surface area contributed by atoms with E-state index in [0.29, 0.717) is 15.1 Å². The quantitative estimate of drug-likeness (QED) is 0.801. The molecule has 0 saturated heterocycles. The van der Waals surface area contributed by atoms with Crippen LogP contribution in [0.1, 0.15) is 5.56 Å². The van der Waals surface area contributed by atoms with E-state index in [9.17, 15) is 8.42 Å². The second-order valence-corrected chi connectivity index (χ2v) is 6.80. The number of aromatic nitrogens is 2. The number of rotatable bonds is 3. The topological polar surface area (TPSA) is 59.9 Å². The van der Waals surface area contributed by atoms with E-state index < -0.39 is 9.84 Å². The smallest absolute Gasteiger partial charge is 0.226 e. The molecule has 0 spiro atoms. The molecule has 18 heavy (non-hydrogen) atoms. The van der Waals surface area contributed by atoms with Crippen LogP contribution in [0, 0.1) is 0 Å². The highest BCUT2D eigenvalue weighted by Crippen LogP contribution is 2.16. The molecule has 94 valence electrons. The molecule has 1 heterocycles. The molecule has 0 aliphatic rings. The number of halogens is 2.